The van der Waals surface area contributed by atoms with E-state index < -0.39 is 24.4 Å². The third-order valence-electron chi connectivity index (χ3n) is 2.12. The van der Waals surface area contributed by atoms with Gasteiger partial charge in [-0.15, -0.1) is 0 Å². The number of hydrogen-bond donors (Lipinski definition) is 1. The summed E-state index contributed by atoms with van der Waals surface area (Å²) in [6, 6.07) is 1.65. The molecule has 0 atom stereocenters. The lowest BCUT2D eigenvalue weighted by Crippen LogP contribution is -2.12. The number of carbonyl (C=O) groups excluding carboxylic acids is 1. The lowest BCUT2D eigenvalue weighted by Gasteiger charge is -2.10. The molecule has 0 saturated heterocycles. The second-order valence-electron chi connectivity index (χ2n) is 3.11. The maximum atomic E-state index is 12.8. The van der Waals surface area contributed by atoms with Gasteiger partial charge >= 0.3 is 5.97 Å². The summed E-state index contributed by atoms with van der Waals surface area (Å²) in [6.45, 7) is 0. The normalized spacial score (nSPS) is 10.1. The van der Waals surface area contributed by atoms with Crippen LogP contribution in [0.15, 0.2) is 6.20 Å². The van der Waals surface area contributed by atoms with Crippen LogP contribution in [0.1, 0.15) is 23.2 Å². The summed E-state index contributed by atoms with van der Waals surface area (Å²) < 4.78 is 29.9. The molecule has 0 bridgehead atoms. The van der Waals surface area contributed by atoms with Gasteiger partial charge in [0.2, 0.25) is 0 Å². The molecule has 0 amide bonds. The van der Waals surface area contributed by atoms with Crippen molar-refractivity contribution in [2.24, 2.45) is 0 Å². The average molecular weight is 241 g/mol. The highest BCUT2D eigenvalue weighted by molar-refractivity contribution is 5.74. The molecule has 0 aromatic carbocycles. The van der Waals surface area contributed by atoms with E-state index >= 15 is 0 Å². The van der Waals surface area contributed by atoms with Crippen LogP contribution in [0.25, 0.3) is 0 Å². The first-order chi connectivity index (χ1) is 8.01. The Kier molecular flexibility index (Phi) is 3.93. The number of pyridine rings is 1. The summed E-state index contributed by atoms with van der Waals surface area (Å²) in [7, 11) is 1.14. The molecule has 1 aromatic rings. The van der Waals surface area contributed by atoms with Crippen molar-refractivity contribution in [3.05, 3.63) is 23.0 Å². The molecule has 1 heterocycles. The summed E-state index contributed by atoms with van der Waals surface area (Å²) in [5, 5.41) is 8.64. The van der Waals surface area contributed by atoms with Gasteiger partial charge in [0, 0.05) is 6.20 Å². The number of carbonyl (C=O) groups is 1. The summed E-state index contributed by atoms with van der Waals surface area (Å²) in [6.07, 6.45) is -2.26. The van der Waals surface area contributed by atoms with Gasteiger partial charge in [0.1, 0.15) is 6.07 Å². The number of esters is 1. The Balaban J connectivity index is 3.27. The fourth-order valence-electron chi connectivity index (χ4n) is 1.26. The first kappa shape index (κ1) is 12.8. The minimum absolute atomic E-state index is 0.145. The molecule has 17 heavy (non-hydrogen) atoms. The molecule has 90 valence electrons. The molecule has 0 unspecified atom stereocenters. The molecule has 0 radical (unpaired) electrons. The minimum atomic E-state index is -2.91. The molecule has 1 rings (SSSR count). The minimum Gasteiger partial charge on any atom is -0.469 e. The van der Waals surface area contributed by atoms with Crippen molar-refractivity contribution in [2.75, 3.05) is 12.8 Å². The van der Waals surface area contributed by atoms with Crippen molar-refractivity contribution < 1.29 is 18.3 Å². The number of hydrogen-bond acceptors (Lipinski definition) is 5. The fraction of sp³-hybridized carbons (Fsp3) is 0.300. The summed E-state index contributed by atoms with van der Waals surface area (Å²) in [4.78, 5) is 14.6. The highest BCUT2D eigenvalue weighted by Crippen LogP contribution is 2.30. The van der Waals surface area contributed by atoms with E-state index in [1.807, 2.05) is 0 Å². The number of aromatic nitrogens is 1. The largest absolute Gasteiger partial charge is 0.469 e. The van der Waals surface area contributed by atoms with E-state index in [-0.39, 0.29) is 16.9 Å². The molecule has 0 aliphatic rings. The second-order valence-corrected chi connectivity index (χ2v) is 3.11. The fourth-order valence-corrected chi connectivity index (χ4v) is 1.26. The second kappa shape index (κ2) is 5.21. The molecule has 0 aliphatic heterocycles. The van der Waals surface area contributed by atoms with E-state index in [4.69, 9.17) is 11.0 Å². The van der Waals surface area contributed by atoms with E-state index in [0.29, 0.717) is 0 Å². The van der Waals surface area contributed by atoms with Gasteiger partial charge in [-0.2, -0.15) is 5.26 Å². The van der Waals surface area contributed by atoms with Gasteiger partial charge in [-0.05, 0) is 0 Å². The molecule has 2 N–H and O–H groups in total. The van der Waals surface area contributed by atoms with Gasteiger partial charge < -0.3 is 10.5 Å². The summed E-state index contributed by atoms with van der Waals surface area (Å²) in [5.41, 5.74) is 4.16. The Morgan fingerprint density at radius 1 is 1.71 bits per heavy atom. The maximum absolute atomic E-state index is 12.8. The quantitative estimate of drug-likeness (QED) is 0.803. The van der Waals surface area contributed by atoms with E-state index in [9.17, 15) is 13.6 Å². The van der Waals surface area contributed by atoms with Crippen molar-refractivity contribution in [1.29, 1.82) is 5.26 Å². The van der Waals surface area contributed by atoms with Crippen LogP contribution in [0, 0.1) is 11.3 Å². The first-order valence-electron chi connectivity index (χ1n) is 4.53. The number of halogens is 2. The molecule has 7 heteroatoms. The molecule has 0 fully saturated rings. The highest BCUT2D eigenvalue weighted by Gasteiger charge is 2.22. The smallest absolute Gasteiger partial charge is 0.311 e. The van der Waals surface area contributed by atoms with Gasteiger partial charge in [-0.3, -0.25) is 9.78 Å². The lowest BCUT2D eigenvalue weighted by molar-refractivity contribution is -0.139. The third kappa shape index (κ3) is 2.66. The molecular weight excluding hydrogens is 232 g/mol. The first-order valence-corrected chi connectivity index (χ1v) is 4.53. The zero-order chi connectivity index (χ0) is 13.0. The Labute approximate surface area is 95.8 Å². The van der Waals surface area contributed by atoms with Gasteiger partial charge in [-0.1, -0.05) is 0 Å². The molecule has 0 aliphatic carbocycles. The van der Waals surface area contributed by atoms with Crippen molar-refractivity contribution >= 4 is 11.7 Å². The predicted octanol–water partition coefficient (Wildman–Crippen LogP) is 1.19. The number of nitrogens with zero attached hydrogens (tertiary/aromatic N) is 2. The van der Waals surface area contributed by atoms with E-state index in [2.05, 4.69) is 9.72 Å². The van der Waals surface area contributed by atoms with Crippen LogP contribution < -0.4 is 5.73 Å². The summed E-state index contributed by atoms with van der Waals surface area (Å²) >= 11 is 0. The number of anilines is 1. The predicted molar refractivity (Wildman–Crippen MR) is 54.0 cm³/mol. The van der Waals surface area contributed by atoms with Crippen molar-refractivity contribution in [2.45, 2.75) is 12.8 Å². The van der Waals surface area contributed by atoms with E-state index in [1.54, 1.807) is 6.07 Å². The van der Waals surface area contributed by atoms with E-state index in [1.165, 1.54) is 0 Å². The van der Waals surface area contributed by atoms with Crippen LogP contribution in [0.4, 0.5) is 14.5 Å². The number of methoxy groups -OCH3 is 1. The number of alkyl halides is 2. The lowest BCUT2D eigenvalue weighted by atomic mass is 10.1. The molecule has 5 nitrogen and oxygen atoms in total. The number of nitriles is 1. The van der Waals surface area contributed by atoms with Gasteiger partial charge in [0.05, 0.1) is 36.0 Å². The third-order valence-corrected chi connectivity index (χ3v) is 2.12. The van der Waals surface area contributed by atoms with E-state index in [0.717, 1.165) is 13.3 Å². The molecule has 0 spiro atoms. The Bertz CT molecular complexity index is 483. The van der Waals surface area contributed by atoms with Gasteiger partial charge in [0.25, 0.3) is 6.43 Å². The standard InChI is InChI=1S/C10H9F2N3O2/c1-17-7(16)2-6-8(10(11)12)9(14)5(3-13)4-15-6/h4,10H,2H2,1H3,(H2,14,15). The SMILES string of the molecule is COC(=O)Cc1ncc(C#N)c(N)c1C(F)F. The van der Waals surface area contributed by atoms with Gasteiger partial charge in [-0.25, -0.2) is 8.78 Å². The van der Waals surface area contributed by atoms with Crippen molar-refractivity contribution in [3.8, 4) is 6.07 Å². The number of ether oxygens (including phenoxy) is 1. The number of nitrogen functional groups attached to an aromatic ring is 1. The molecule has 1 aromatic heterocycles. The van der Waals surface area contributed by atoms with Crippen LogP contribution in [-0.2, 0) is 16.0 Å². The monoisotopic (exact) mass is 241 g/mol. The number of rotatable bonds is 3. The highest BCUT2D eigenvalue weighted by atomic mass is 19.3. The van der Waals surface area contributed by atoms with Gasteiger partial charge in [0.15, 0.2) is 0 Å². The van der Waals surface area contributed by atoms with Crippen LogP contribution in [0.3, 0.4) is 0 Å². The Hall–Kier alpha value is -2.23. The molecule has 0 saturated carbocycles. The van der Waals surface area contributed by atoms with Crippen LogP contribution >= 0.6 is 0 Å². The molecular formula is C10H9F2N3O2. The maximum Gasteiger partial charge on any atom is 0.311 e. The van der Waals surface area contributed by atoms with Crippen molar-refractivity contribution in [1.82, 2.24) is 4.98 Å². The Morgan fingerprint density at radius 3 is 2.82 bits per heavy atom. The Morgan fingerprint density at radius 2 is 2.35 bits per heavy atom. The zero-order valence-corrected chi connectivity index (χ0v) is 8.91. The van der Waals surface area contributed by atoms with Crippen LogP contribution in [0.2, 0.25) is 0 Å². The average Bonchev–Trinajstić information content (AvgIpc) is 2.28. The number of nitrogens with two attached hydrogens (primary N) is 1. The van der Waals surface area contributed by atoms with Crippen molar-refractivity contribution in [3.63, 3.8) is 0 Å². The summed E-state index contributed by atoms with van der Waals surface area (Å²) in [5.74, 6) is -0.705. The topological polar surface area (TPSA) is 89.0 Å². The van der Waals surface area contributed by atoms with Crippen LogP contribution in [0.5, 0.6) is 0 Å². The zero-order valence-electron chi connectivity index (χ0n) is 8.91. The van der Waals surface area contributed by atoms with Crippen LogP contribution in [-0.4, -0.2) is 18.1 Å².